The van der Waals surface area contributed by atoms with Crippen LogP contribution in [0, 0.1) is 5.92 Å². The minimum Gasteiger partial charge on any atom is -0.399 e. The maximum absolute atomic E-state index is 6.04. The van der Waals surface area contributed by atoms with Crippen LogP contribution in [-0.4, -0.2) is 41.4 Å². The molecular weight excluding hydrogens is 277 g/mol. The number of hydrogen-bond acceptors (Lipinski definition) is 5. The van der Waals surface area contributed by atoms with Crippen molar-refractivity contribution in [1.29, 1.82) is 0 Å². The van der Waals surface area contributed by atoms with Gasteiger partial charge < -0.3 is 14.2 Å². The first kappa shape index (κ1) is 15.7. The molecule has 120 valence electrons. The summed E-state index contributed by atoms with van der Waals surface area (Å²) < 4.78 is 12.1. The number of rotatable bonds is 2. The number of piperidine rings is 1. The Morgan fingerprint density at radius 2 is 1.73 bits per heavy atom. The van der Waals surface area contributed by atoms with E-state index >= 15 is 0 Å². The van der Waals surface area contributed by atoms with Gasteiger partial charge in [-0.15, -0.1) is 0 Å². The first-order valence-electron chi connectivity index (χ1n) is 8.21. The maximum Gasteiger partial charge on any atom is 0.498 e. The maximum atomic E-state index is 6.04. The van der Waals surface area contributed by atoms with Crippen molar-refractivity contribution < 1.29 is 9.31 Å². The van der Waals surface area contributed by atoms with Gasteiger partial charge in [-0.3, -0.25) is 0 Å². The van der Waals surface area contributed by atoms with Crippen LogP contribution in [0.4, 0.5) is 5.95 Å². The van der Waals surface area contributed by atoms with Crippen LogP contribution in [0.5, 0.6) is 0 Å². The highest BCUT2D eigenvalue weighted by molar-refractivity contribution is 6.61. The van der Waals surface area contributed by atoms with Crippen LogP contribution < -0.4 is 10.4 Å². The third-order valence-corrected chi connectivity index (χ3v) is 5.12. The van der Waals surface area contributed by atoms with E-state index < -0.39 is 0 Å². The topological polar surface area (TPSA) is 47.5 Å². The SMILES string of the molecule is CC1CCCN(c2ncc(B3OC(C)(C)C(C)(C)O3)cn2)C1. The minimum absolute atomic E-state index is 0.335. The highest BCUT2D eigenvalue weighted by Gasteiger charge is 2.51. The molecule has 2 saturated heterocycles. The molecule has 22 heavy (non-hydrogen) atoms. The van der Waals surface area contributed by atoms with Gasteiger partial charge in [0.15, 0.2) is 0 Å². The number of nitrogens with zero attached hydrogens (tertiary/aromatic N) is 3. The van der Waals surface area contributed by atoms with Crippen LogP contribution in [0.1, 0.15) is 47.5 Å². The van der Waals surface area contributed by atoms with Crippen LogP contribution in [0.15, 0.2) is 12.4 Å². The van der Waals surface area contributed by atoms with E-state index in [0.717, 1.165) is 24.5 Å². The molecule has 0 saturated carbocycles. The Bertz CT molecular complexity index is 517. The van der Waals surface area contributed by atoms with Crippen LogP contribution in [-0.2, 0) is 9.31 Å². The highest BCUT2D eigenvalue weighted by Crippen LogP contribution is 2.36. The standard InChI is InChI=1S/C16H26BN3O2/c1-12-7-6-8-20(11-12)14-18-9-13(10-19-14)17-21-15(2,3)16(4,5)22-17/h9-10,12H,6-8,11H2,1-5H3. The van der Waals surface area contributed by atoms with Crippen molar-refractivity contribution in [3.63, 3.8) is 0 Å². The lowest BCUT2D eigenvalue weighted by Gasteiger charge is -2.32. The lowest BCUT2D eigenvalue weighted by Crippen LogP contribution is -2.41. The second-order valence-corrected chi connectivity index (χ2v) is 7.60. The molecule has 2 aliphatic heterocycles. The largest absolute Gasteiger partial charge is 0.498 e. The van der Waals surface area contributed by atoms with Crippen molar-refractivity contribution in [1.82, 2.24) is 9.97 Å². The van der Waals surface area contributed by atoms with Crippen LogP contribution in [0.2, 0.25) is 0 Å². The average molecular weight is 303 g/mol. The molecule has 1 aromatic heterocycles. The van der Waals surface area contributed by atoms with Gasteiger partial charge in [-0.2, -0.15) is 0 Å². The predicted octanol–water partition coefficient (Wildman–Crippen LogP) is 2.01. The molecule has 3 rings (SSSR count). The number of hydrogen-bond donors (Lipinski definition) is 0. The molecule has 1 atom stereocenters. The zero-order chi connectivity index (χ0) is 16.0. The zero-order valence-corrected chi connectivity index (χ0v) is 14.3. The summed E-state index contributed by atoms with van der Waals surface area (Å²) in [6, 6.07) is 0. The van der Waals surface area contributed by atoms with Crippen molar-refractivity contribution in [2.45, 2.75) is 58.7 Å². The second kappa shape index (κ2) is 5.50. The second-order valence-electron chi connectivity index (χ2n) is 7.60. The Balaban J connectivity index is 1.72. The molecule has 1 aromatic rings. The Morgan fingerprint density at radius 1 is 1.14 bits per heavy atom. The Morgan fingerprint density at radius 3 is 2.27 bits per heavy atom. The van der Waals surface area contributed by atoms with Gasteiger partial charge in [0, 0.05) is 30.9 Å². The molecule has 0 amide bonds. The van der Waals surface area contributed by atoms with E-state index in [1.165, 1.54) is 12.8 Å². The summed E-state index contributed by atoms with van der Waals surface area (Å²) in [5.41, 5.74) is 0.213. The molecule has 0 aliphatic carbocycles. The zero-order valence-electron chi connectivity index (χ0n) is 14.3. The minimum atomic E-state index is -0.390. The van der Waals surface area contributed by atoms with Crippen molar-refractivity contribution in [2.75, 3.05) is 18.0 Å². The van der Waals surface area contributed by atoms with Gasteiger partial charge in [0.2, 0.25) is 5.95 Å². The van der Waals surface area contributed by atoms with E-state index in [2.05, 4.69) is 49.5 Å². The summed E-state index contributed by atoms with van der Waals surface area (Å²) in [4.78, 5) is 11.3. The Labute approximate surface area is 133 Å². The molecule has 0 bridgehead atoms. The van der Waals surface area contributed by atoms with E-state index in [9.17, 15) is 0 Å². The first-order chi connectivity index (χ1) is 10.3. The van der Waals surface area contributed by atoms with Gasteiger partial charge in [-0.1, -0.05) is 6.92 Å². The Hall–Kier alpha value is -1.14. The third kappa shape index (κ3) is 2.86. The van der Waals surface area contributed by atoms with Gasteiger partial charge in [0.1, 0.15) is 0 Å². The lowest BCUT2D eigenvalue weighted by molar-refractivity contribution is 0.00578. The molecule has 0 radical (unpaired) electrons. The summed E-state index contributed by atoms with van der Waals surface area (Å²) >= 11 is 0. The fourth-order valence-corrected chi connectivity index (χ4v) is 2.97. The molecule has 5 nitrogen and oxygen atoms in total. The number of anilines is 1. The van der Waals surface area contributed by atoms with Crippen molar-refractivity contribution in [3.8, 4) is 0 Å². The van der Waals surface area contributed by atoms with Gasteiger partial charge in [-0.05, 0) is 46.5 Å². The van der Waals surface area contributed by atoms with Crippen LogP contribution >= 0.6 is 0 Å². The molecule has 0 aromatic carbocycles. The summed E-state index contributed by atoms with van der Waals surface area (Å²) in [6.45, 7) is 12.6. The summed E-state index contributed by atoms with van der Waals surface area (Å²) in [5.74, 6) is 1.52. The molecule has 0 N–H and O–H groups in total. The van der Waals surface area contributed by atoms with Gasteiger partial charge in [0.05, 0.1) is 11.2 Å². The van der Waals surface area contributed by atoms with Gasteiger partial charge in [-0.25, -0.2) is 9.97 Å². The summed E-state index contributed by atoms with van der Waals surface area (Å²) in [6.07, 6.45) is 6.18. The van der Waals surface area contributed by atoms with Crippen molar-refractivity contribution in [2.24, 2.45) is 5.92 Å². The predicted molar refractivity (Wildman–Crippen MR) is 88.4 cm³/mol. The number of aromatic nitrogens is 2. The fraction of sp³-hybridized carbons (Fsp3) is 0.750. The van der Waals surface area contributed by atoms with Crippen molar-refractivity contribution in [3.05, 3.63) is 12.4 Å². The monoisotopic (exact) mass is 303 g/mol. The molecule has 2 fully saturated rings. The van der Waals surface area contributed by atoms with E-state index in [4.69, 9.17) is 9.31 Å². The Kier molecular flexibility index (Phi) is 3.93. The van der Waals surface area contributed by atoms with E-state index in [-0.39, 0.29) is 18.3 Å². The normalized spacial score (nSPS) is 27.2. The molecule has 0 spiro atoms. The highest BCUT2D eigenvalue weighted by atomic mass is 16.7. The van der Waals surface area contributed by atoms with Gasteiger partial charge >= 0.3 is 7.12 Å². The first-order valence-corrected chi connectivity index (χ1v) is 8.21. The van der Waals surface area contributed by atoms with E-state index in [1.807, 2.05) is 12.4 Å². The van der Waals surface area contributed by atoms with Crippen LogP contribution in [0.25, 0.3) is 0 Å². The average Bonchev–Trinajstić information content (AvgIpc) is 2.68. The quantitative estimate of drug-likeness (QED) is 0.782. The van der Waals surface area contributed by atoms with Crippen LogP contribution in [0.3, 0.4) is 0 Å². The van der Waals surface area contributed by atoms with Crippen molar-refractivity contribution >= 4 is 18.5 Å². The van der Waals surface area contributed by atoms with E-state index in [1.54, 1.807) is 0 Å². The molecule has 2 aliphatic rings. The van der Waals surface area contributed by atoms with Gasteiger partial charge in [0.25, 0.3) is 0 Å². The summed E-state index contributed by atoms with van der Waals surface area (Å²) in [5, 5.41) is 0. The molecular formula is C16H26BN3O2. The summed E-state index contributed by atoms with van der Waals surface area (Å²) in [7, 11) is -0.390. The molecule has 3 heterocycles. The van der Waals surface area contributed by atoms with E-state index in [0.29, 0.717) is 5.92 Å². The smallest absolute Gasteiger partial charge is 0.399 e. The lowest BCUT2D eigenvalue weighted by atomic mass is 9.81. The molecule has 6 heteroatoms. The molecule has 1 unspecified atom stereocenters. The third-order valence-electron chi connectivity index (χ3n) is 5.12. The fourth-order valence-electron chi connectivity index (χ4n) is 2.97.